The molecule has 1 aliphatic rings. The Balaban J connectivity index is 1.81. The van der Waals surface area contributed by atoms with E-state index in [9.17, 15) is 0 Å². The van der Waals surface area contributed by atoms with Gasteiger partial charge in [-0.2, -0.15) is 0 Å². The van der Waals surface area contributed by atoms with E-state index in [0.29, 0.717) is 18.2 Å². The van der Waals surface area contributed by atoms with E-state index in [1.165, 1.54) is 18.4 Å². The van der Waals surface area contributed by atoms with Crippen LogP contribution in [0.5, 0.6) is 0 Å². The van der Waals surface area contributed by atoms with Gasteiger partial charge in [0.2, 0.25) is 0 Å². The summed E-state index contributed by atoms with van der Waals surface area (Å²) in [6, 6.07) is 8.34. The van der Waals surface area contributed by atoms with E-state index in [1.807, 2.05) is 12.1 Å². The summed E-state index contributed by atoms with van der Waals surface area (Å²) < 4.78 is 5.78. The number of halogens is 1. The van der Waals surface area contributed by atoms with Crippen LogP contribution in [0.15, 0.2) is 24.3 Å². The van der Waals surface area contributed by atoms with Crippen molar-refractivity contribution in [3.8, 4) is 0 Å². The quantitative estimate of drug-likeness (QED) is 0.886. The van der Waals surface area contributed by atoms with Gasteiger partial charge >= 0.3 is 0 Å². The molecule has 1 fully saturated rings. The highest BCUT2D eigenvalue weighted by molar-refractivity contribution is 6.30. The molecule has 1 aliphatic heterocycles. The van der Waals surface area contributed by atoms with Crippen molar-refractivity contribution in [2.45, 2.75) is 44.9 Å². The number of hydrogen-bond donors (Lipinski definition) is 1. The number of nitrogens with one attached hydrogen (secondary N) is 1. The maximum absolute atomic E-state index is 5.87. The normalized spacial score (nSPS) is 26.1. The second kappa shape index (κ2) is 5.85. The first-order valence-corrected chi connectivity index (χ1v) is 6.67. The molecule has 0 amide bonds. The molecule has 3 atom stereocenters. The predicted octanol–water partition coefficient (Wildman–Crippen LogP) is 3.56. The Morgan fingerprint density at radius 3 is 2.65 bits per heavy atom. The lowest BCUT2D eigenvalue weighted by Crippen LogP contribution is -2.29. The molecule has 0 spiro atoms. The van der Waals surface area contributed by atoms with E-state index in [-0.39, 0.29) is 0 Å². The zero-order valence-corrected chi connectivity index (χ0v) is 11.2. The maximum atomic E-state index is 5.87. The number of rotatable bonds is 4. The molecule has 3 heteroatoms. The van der Waals surface area contributed by atoms with Crippen LogP contribution in [0.4, 0.5) is 0 Å². The van der Waals surface area contributed by atoms with Gasteiger partial charge in [0.1, 0.15) is 0 Å². The Bertz CT molecular complexity index is 352. The Morgan fingerprint density at radius 1 is 1.35 bits per heavy atom. The molecule has 1 aromatic carbocycles. The second-order valence-corrected chi connectivity index (χ2v) is 5.26. The Labute approximate surface area is 108 Å². The van der Waals surface area contributed by atoms with Gasteiger partial charge in [0.15, 0.2) is 0 Å². The first kappa shape index (κ1) is 12.9. The highest BCUT2D eigenvalue weighted by Gasteiger charge is 2.21. The molecular formula is C14H20ClNO. The van der Waals surface area contributed by atoms with Gasteiger partial charge in [0.25, 0.3) is 0 Å². The molecule has 0 aromatic heterocycles. The predicted molar refractivity (Wildman–Crippen MR) is 71.4 cm³/mol. The lowest BCUT2D eigenvalue weighted by molar-refractivity contribution is 0.0546. The standard InChI is InChI=1S/C14H20ClNO/c1-10-3-8-14(17-10)9-16-11(2)12-4-6-13(15)7-5-12/h4-7,10-11,14,16H,3,8-9H2,1-2H3/t10?,11-,14?/m1/s1. The van der Waals surface area contributed by atoms with Crippen molar-refractivity contribution in [1.82, 2.24) is 5.32 Å². The van der Waals surface area contributed by atoms with Crippen LogP contribution in [0.3, 0.4) is 0 Å². The zero-order chi connectivity index (χ0) is 12.3. The lowest BCUT2D eigenvalue weighted by Gasteiger charge is -2.18. The van der Waals surface area contributed by atoms with Crippen LogP contribution in [0.2, 0.25) is 5.02 Å². The molecular weight excluding hydrogens is 234 g/mol. The van der Waals surface area contributed by atoms with Crippen LogP contribution in [0.1, 0.15) is 38.3 Å². The van der Waals surface area contributed by atoms with E-state index in [4.69, 9.17) is 16.3 Å². The van der Waals surface area contributed by atoms with Crippen LogP contribution in [0.25, 0.3) is 0 Å². The third-order valence-electron chi connectivity index (χ3n) is 3.34. The molecule has 2 rings (SSSR count). The molecule has 0 bridgehead atoms. The molecule has 0 saturated carbocycles. The molecule has 1 N–H and O–H groups in total. The molecule has 0 aliphatic carbocycles. The van der Waals surface area contributed by atoms with E-state index < -0.39 is 0 Å². The minimum atomic E-state index is 0.340. The topological polar surface area (TPSA) is 21.3 Å². The van der Waals surface area contributed by atoms with Crippen molar-refractivity contribution in [3.63, 3.8) is 0 Å². The molecule has 17 heavy (non-hydrogen) atoms. The van der Waals surface area contributed by atoms with Gasteiger partial charge in [0, 0.05) is 17.6 Å². The van der Waals surface area contributed by atoms with Gasteiger partial charge in [-0.25, -0.2) is 0 Å². The summed E-state index contributed by atoms with van der Waals surface area (Å²) in [5.41, 5.74) is 1.26. The van der Waals surface area contributed by atoms with E-state index >= 15 is 0 Å². The third kappa shape index (κ3) is 3.70. The zero-order valence-electron chi connectivity index (χ0n) is 10.4. The van der Waals surface area contributed by atoms with Gasteiger partial charge < -0.3 is 10.1 Å². The average Bonchev–Trinajstić information content (AvgIpc) is 2.73. The Hall–Kier alpha value is -0.570. The molecule has 1 heterocycles. The molecule has 1 aromatic rings. The Morgan fingerprint density at radius 2 is 2.06 bits per heavy atom. The molecule has 1 saturated heterocycles. The van der Waals surface area contributed by atoms with Crippen molar-refractivity contribution in [1.29, 1.82) is 0 Å². The summed E-state index contributed by atoms with van der Waals surface area (Å²) in [5.74, 6) is 0. The Kier molecular flexibility index (Phi) is 4.43. The van der Waals surface area contributed by atoms with E-state index in [2.05, 4.69) is 31.3 Å². The van der Waals surface area contributed by atoms with Crippen molar-refractivity contribution in [2.75, 3.05) is 6.54 Å². The molecule has 94 valence electrons. The molecule has 2 nitrogen and oxygen atoms in total. The van der Waals surface area contributed by atoms with Crippen LogP contribution in [-0.4, -0.2) is 18.8 Å². The summed E-state index contributed by atoms with van der Waals surface area (Å²) >= 11 is 5.87. The number of benzene rings is 1. The van der Waals surface area contributed by atoms with Crippen molar-refractivity contribution in [3.05, 3.63) is 34.9 Å². The first-order valence-electron chi connectivity index (χ1n) is 6.29. The van der Waals surface area contributed by atoms with Crippen molar-refractivity contribution >= 4 is 11.6 Å². The van der Waals surface area contributed by atoms with Gasteiger partial charge in [-0.15, -0.1) is 0 Å². The summed E-state index contributed by atoms with van der Waals surface area (Å²) in [4.78, 5) is 0. The smallest absolute Gasteiger partial charge is 0.0704 e. The monoisotopic (exact) mass is 253 g/mol. The molecule has 0 radical (unpaired) electrons. The largest absolute Gasteiger partial charge is 0.374 e. The lowest BCUT2D eigenvalue weighted by atomic mass is 10.1. The highest BCUT2D eigenvalue weighted by atomic mass is 35.5. The van der Waals surface area contributed by atoms with Crippen molar-refractivity contribution < 1.29 is 4.74 Å². The first-order chi connectivity index (χ1) is 8.15. The number of ether oxygens (including phenoxy) is 1. The van der Waals surface area contributed by atoms with E-state index in [0.717, 1.165) is 11.6 Å². The fourth-order valence-corrected chi connectivity index (χ4v) is 2.34. The third-order valence-corrected chi connectivity index (χ3v) is 3.59. The fraction of sp³-hybridized carbons (Fsp3) is 0.571. The summed E-state index contributed by atoms with van der Waals surface area (Å²) in [5, 5.41) is 4.30. The van der Waals surface area contributed by atoms with Gasteiger partial charge in [-0.3, -0.25) is 0 Å². The highest BCUT2D eigenvalue weighted by Crippen LogP contribution is 2.20. The van der Waals surface area contributed by atoms with Crippen LogP contribution >= 0.6 is 11.6 Å². The van der Waals surface area contributed by atoms with Gasteiger partial charge in [-0.1, -0.05) is 23.7 Å². The maximum Gasteiger partial charge on any atom is 0.0704 e. The minimum absolute atomic E-state index is 0.340. The molecule has 2 unspecified atom stereocenters. The SMILES string of the molecule is CC1CCC(CN[C@H](C)c2ccc(Cl)cc2)O1. The minimum Gasteiger partial charge on any atom is -0.374 e. The van der Waals surface area contributed by atoms with Gasteiger partial charge in [0.05, 0.1) is 12.2 Å². The van der Waals surface area contributed by atoms with E-state index in [1.54, 1.807) is 0 Å². The summed E-state index contributed by atoms with van der Waals surface area (Å²) in [6.07, 6.45) is 3.15. The van der Waals surface area contributed by atoms with Crippen LogP contribution in [-0.2, 0) is 4.74 Å². The van der Waals surface area contributed by atoms with Crippen molar-refractivity contribution in [2.24, 2.45) is 0 Å². The van der Waals surface area contributed by atoms with Gasteiger partial charge in [-0.05, 0) is 44.4 Å². The fourth-order valence-electron chi connectivity index (χ4n) is 2.21. The second-order valence-electron chi connectivity index (χ2n) is 4.83. The summed E-state index contributed by atoms with van der Waals surface area (Å²) in [6.45, 7) is 5.23. The summed E-state index contributed by atoms with van der Waals surface area (Å²) in [7, 11) is 0. The van der Waals surface area contributed by atoms with Crippen LogP contribution < -0.4 is 5.32 Å². The number of hydrogen-bond acceptors (Lipinski definition) is 2. The van der Waals surface area contributed by atoms with Crippen LogP contribution in [0, 0.1) is 0 Å². The average molecular weight is 254 g/mol.